The molecule has 21 heavy (non-hydrogen) atoms. The Labute approximate surface area is 129 Å². The van der Waals surface area contributed by atoms with Gasteiger partial charge >= 0.3 is 0 Å². The fraction of sp³-hybridized carbons (Fsp3) is 0.875. The highest BCUT2D eigenvalue weighted by atomic mass is 15.3. The van der Waals surface area contributed by atoms with E-state index in [-0.39, 0.29) is 0 Å². The lowest BCUT2D eigenvalue weighted by atomic mass is 9.95. The molecule has 1 fully saturated rings. The number of aromatic nitrogens is 3. The van der Waals surface area contributed by atoms with E-state index in [0.717, 1.165) is 25.5 Å². The van der Waals surface area contributed by atoms with Crippen LogP contribution in [-0.4, -0.2) is 57.3 Å². The first-order chi connectivity index (χ1) is 10.1. The summed E-state index contributed by atoms with van der Waals surface area (Å²) in [6.07, 6.45) is 2.46. The van der Waals surface area contributed by atoms with Crippen molar-refractivity contribution < 1.29 is 0 Å². The predicted octanol–water partition coefficient (Wildman–Crippen LogP) is 2.34. The minimum Gasteiger partial charge on any atom is -0.312 e. The molecule has 0 N–H and O–H groups in total. The fourth-order valence-corrected chi connectivity index (χ4v) is 3.28. The predicted molar refractivity (Wildman–Crippen MR) is 86.4 cm³/mol. The molecule has 0 aliphatic carbocycles. The van der Waals surface area contributed by atoms with E-state index < -0.39 is 0 Å². The molecule has 0 amide bonds. The van der Waals surface area contributed by atoms with E-state index in [9.17, 15) is 0 Å². The van der Waals surface area contributed by atoms with Gasteiger partial charge in [-0.1, -0.05) is 13.8 Å². The fourth-order valence-electron chi connectivity index (χ4n) is 3.28. The Morgan fingerprint density at radius 1 is 1.00 bits per heavy atom. The Morgan fingerprint density at radius 2 is 1.67 bits per heavy atom. The molecule has 120 valence electrons. The van der Waals surface area contributed by atoms with Crippen molar-refractivity contribution in [3.8, 4) is 0 Å². The lowest BCUT2D eigenvalue weighted by molar-refractivity contribution is 0.167. The first-order valence-electron chi connectivity index (χ1n) is 8.49. The van der Waals surface area contributed by atoms with Gasteiger partial charge in [0.2, 0.25) is 0 Å². The second-order valence-electron chi connectivity index (χ2n) is 6.27. The summed E-state index contributed by atoms with van der Waals surface area (Å²) >= 11 is 0. The van der Waals surface area contributed by atoms with Crippen molar-refractivity contribution in [1.29, 1.82) is 0 Å². The summed E-state index contributed by atoms with van der Waals surface area (Å²) in [5, 5.41) is 8.89. The summed E-state index contributed by atoms with van der Waals surface area (Å²) in [6.45, 7) is 14.1. The van der Waals surface area contributed by atoms with E-state index >= 15 is 0 Å². The molecule has 1 aromatic rings. The third kappa shape index (κ3) is 3.64. The molecule has 0 unspecified atom stereocenters. The van der Waals surface area contributed by atoms with Crippen LogP contribution in [0.5, 0.6) is 0 Å². The van der Waals surface area contributed by atoms with Crippen molar-refractivity contribution in [3.05, 3.63) is 11.6 Å². The van der Waals surface area contributed by atoms with Crippen molar-refractivity contribution in [2.75, 3.05) is 26.7 Å². The monoisotopic (exact) mass is 293 g/mol. The van der Waals surface area contributed by atoms with Gasteiger partial charge in [-0.3, -0.25) is 4.90 Å². The van der Waals surface area contributed by atoms with Gasteiger partial charge in [-0.05, 0) is 46.8 Å². The Kier molecular flexibility index (Phi) is 5.76. The summed E-state index contributed by atoms with van der Waals surface area (Å²) in [6, 6.07) is 0.668. The third-order valence-electron chi connectivity index (χ3n) is 4.60. The van der Waals surface area contributed by atoms with Gasteiger partial charge in [-0.15, -0.1) is 10.2 Å². The molecular weight excluding hydrogens is 262 g/mol. The second-order valence-corrected chi connectivity index (χ2v) is 6.27. The van der Waals surface area contributed by atoms with Crippen LogP contribution < -0.4 is 0 Å². The average molecular weight is 293 g/mol. The van der Waals surface area contributed by atoms with Crippen LogP contribution in [-0.2, 0) is 13.1 Å². The van der Waals surface area contributed by atoms with E-state index in [4.69, 9.17) is 0 Å². The number of hydrogen-bond acceptors (Lipinski definition) is 4. The highest BCUT2D eigenvalue weighted by molar-refractivity contribution is 5.05. The highest BCUT2D eigenvalue weighted by Gasteiger charge is 2.28. The molecule has 3 rings (SSSR count). The van der Waals surface area contributed by atoms with Crippen molar-refractivity contribution >= 4 is 0 Å². The average Bonchev–Trinajstić information content (AvgIpc) is 2.92. The van der Waals surface area contributed by atoms with Gasteiger partial charge in [0, 0.05) is 25.0 Å². The lowest BCUT2D eigenvalue weighted by Gasteiger charge is -2.34. The first kappa shape index (κ1) is 16.4. The second kappa shape index (κ2) is 7.36. The van der Waals surface area contributed by atoms with Crippen molar-refractivity contribution in [3.63, 3.8) is 0 Å². The Bertz CT molecular complexity index is 432. The number of likely N-dealkylation sites (N-methyl/N-ethyl adjacent to an activating group) is 1. The molecule has 5 nitrogen and oxygen atoms in total. The summed E-state index contributed by atoms with van der Waals surface area (Å²) in [7, 11) is 2.15. The van der Waals surface area contributed by atoms with Gasteiger partial charge < -0.3 is 9.47 Å². The van der Waals surface area contributed by atoms with Crippen molar-refractivity contribution in [1.82, 2.24) is 24.6 Å². The number of hydrogen-bond donors (Lipinski definition) is 0. The zero-order chi connectivity index (χ0) is 15.4. The molecule has 0 aromatic carbocycles. The van der Waals surface area contributed by atoms with Crippen LogP contribution in [0.4, 0.5) is 0 Å². The van der Waals surface area contributed by atoms with E-state index in [2.05, 4.69) is 45.5 Å². The molecule has 2 aliphatic heterocycles. The largest absolute Gasteiger partial charge is 0.312 e. The smallest absolute Gasteiger partial charge is 0.147 e. The number of rotatable bonds is 2. The van der Waals surface area contributed by atoms with Gasteiger partial charge in [0.25, 0.3) is 0 Å². The van der Waals surface area contributed by atoms with Crippen LogP contribution in [0, 0.1) is 0 Å². The van der Waals surface area contributed by atoms with E-state index in [1.54, 1.807) is 0 Å². The zero-order valence-corrected chi connectivity index (χ0v) is 14.3. The molecule has 0 atom stereocenters. The summed E-state index contributed by atoms with van der Waals surface area (Å²) in [4.78, 5) is 4.88. The topological polar surface area (TPSA) is 37.2 Å². The summed E-state index contributed by atoms with van der Waals surface area (Å²) < 4.78 is 2.37. The maximum atomic E-state index is 4.49. The summed E-state index contributed by atoms with van der Waals surface area (Å²) in [5.41, 5.74) is 0. The standard InChI is InChI=1S/C14H25N5.C2H6/c1-11(2)18-6-4-12(5-7-18)14-16-15-13-10-17(3)8-9-19(13)14;1-2/h11-12H,4-10H2,1-3H3;1-2H3. The molecule has 1 aromatic heterocycles. The van der Waals surface area contributed by atoms with Gasteiger partial charge in [0.1, 0.15) is 11.6 Å². The molecule has 0 saturated carbocycles. The minimum absolute atomic E-state index is 0.611. The van der Waals surface area contributed by atoms with Crippen molar-refractivity contribution in [2.45, 2.75) is 65.6 Å². The van der Waals surface area contributed by atoms with Crippen LogP contribution in [0.3, 0.4) is 0 Å². The maximum absolute atomic E-state index is 4.49. The molecule has 1 saturated heterocycles. The van der Waals surface area contributed by atoms with E-state index in [1.165, 1.54) is 31.8 Å². The molecule has 0 bridgehead atoms. The summed E-state index contributed by atoms with van der Waals surface area (Å²) in [5.74, 6) is 3.00. The molecule has 0 radical (unpaired) electrons. The maximum Gasteiger partial charge on any atom is 0.147 e. The van der Waals surface area contributed by atoms with Gasteiger partial charge in [0.15, 0.2) is 0 Å². The van der Waals surface area contributed by atoms with Crippen LogP contribution in [0.25, 0.3) is 0 Å². The van der Waals surface area contributed by atoms with Crippen LogP contribution in [0.15, 0.2) is 0 Å². The normalized spacial score (nSPS) is 21.0. The zero-order valence-electron chi connectivity index (χ0n) is 14.3. The van der Waals surface area contributed by atoms with Crippen LogP contribution >= 0.6 is 0 Å². The lowest BCUT2D eigenvalue weighted by Crippen LogP contribution is -2.39. The Balaban J connectivity index is 0.000000774. The number of nitrogens with zero attached hydrogens (tertiary/aromatic N) is 5. The molecule has 0 spiro atoms. The quantitative estimate of drug-likeness (QED) is 0.839. The van der Waals surface area contributed by atoms with Crippen LogP contribution in [0.1, 0.15) is 58.1 Å². The third-order valence-corrected chi connectivity index (χ3v) is 4.60. The van der Waals surface area contributed by atoms with Gasteiger partial charge in [0.05, 0.1) is 6.54 Å². The Hall–Kier alpha value is -0.940. The van der Waals surface area contributed by atoms with Crippen molar-refractivity contribution in [2.24, 2.45) is 0 Å². The van der Waals surface area contributed by atoms with E-state index in [0.29, 0.717) is 12.0 Å². The van der Waals surface area contributed by atoms with Gasteiger partial charge in [-0.2, -0.15) is 0 Å². The molecular formula is C16H31N5. The molecule has 3 heterocycles. The van der Waals surface area contributed by atoms with E-state index in [1.807, 2.05) is 13.8 Å². The SMILES string of the molecule is CC.CC(C)N1CCC(c2nnc3n2CCN(C)C3)CC1. The first-order valence-corrected chi connectivity index (χ1v) is 8.49. The molecule has 2 aliphatic rings. The van der Waals surface area contributed by atoms with Crippen LogP contribution in [0.2, 0.25) is 0 Å². The molecule has 5 heteroatoms. The minimum atomic E-state index is 0.611. The number of likely N-dealkylation sites (tertiary alicyclic amines) is 1. The highest BCUT2D eigenvalue weighted by Crippen LogP contribution is 2.28. The number of piperidine rings is 1. The van der Waals surface area contributed by atoms with Gasteiger partial charge in [-0.25, -0.2) is 0 Å². The number of fused-ring (bicyclic) bond motifs is 1. The Morgan fingerprint density at radius 3 is 2.29 bits per heavy atom.